The van der Waals surface area contributed by atoms with Crippen molar-refractivity contribution in [1.82, 2.24) is 0 Å². The molecule has 0 aromatic heterocycles. The van der Waals surface area contributed by atoms with Gasteiger partial charge in [0.1, 0.15) is 0 Å². The highest BCUT2D eigenvalue weighted by Gasteiger charge is 2.37. The fourth-order valence-electron chi connectivity index (χ4n) is 3.24. The summed E-state index contributed by atoms with van der Waals surface area (Å²) in [6.07, 6.45) is 3.10. The number of carbonyl (C=O) groups is 2. The van der Waals surface area contributed by atoms with E-state index in [0.29, 0.717) is 12.8 Å². The summed E-state index contributed by atoms with van der Waals surface area (Å²) in [6, 6.07) is 5.98. The van der Waals surface area contributed by atoms with Crippen LogP contribution in [0.2, 0.25) is 0 Å². The Balaban J connectivity index is 2.23. The minimum atomic E-state index is -0.845. The molecule has 114 valence electrons. The van der Waals surface area contributed by atoms with Gasteiger partial charge < -0.3 is 10.0 Å². The fourth-order valence-corrected chi connectivity index (χ4v) is 3.24. The van der Waals surface area contributed by atoms with E-state index in [9.17, 15) is 14.7 Å². The second kappa shape index (κ2) is 6.29. The number of anilines is 1. The first-order valence-electron chi connectivity index (χ1n) is 7.49. The minimum absolute atomic E-state index is 0.0768. The molecule has 0 aliphatic heterocycles. The maximum atomic E-state index is 12.7. The quantitative estimate of drug-likeness (QED) is 0.930. The van der Waals surface area contributed by atoms with Crippen molar-refractivity contribution in [3.63, 3.8) is 0 Å². The van der Waals surface area contributed by atoms with E-state index in [0.717, 1.165) is 29.7 Å². The molecule has 0 spiro atoms. The summed E-state index contributed by atoms with van der Waals surface area (Å²) in [5.74, 6) is -1.87. The fraction of sp³-hybridized carbons (Fsp3) is 0.529. The number of amides is 1. The van der Waals surface area contributed by atoms with Crippen molar-refractivity contribution in [1.29, 1.82) is 0 Å². The number of aliphatic carboxylic acids is 1. The average Bonchev–Trinajstić information content (AvgIpc) is 2.44. The third-order valence-corrected chi connectivity index (χ3v) is 4.32. The van der Waals surface area contributed by atoms with Crippen molar-refractivity contribution in [2.75, 3.05) is 11.9 Å². The normalized spacial score (nSPS) is 21.9. The van der Waals surface area contributed by atoms with Crippen LogP contribution in [0.5, 0.6) is 0 Å². The smallest absolute Gasteiger partial charge is 0.307 e. The molecule has 1 amide bonds. The van der Waals surface area contributed by atoms with Crippen molar-refractivity contribution in [2.45, 2.75) is 39.5 Å². The predicted molar refractivity (Wildman–Crippen MR) is 82.4 cm³/mol. The molecule has 1 fully saturated rings. The molecular formula is C17H23NO3. The van der Waals surface area contributed by atoms with E-state index < -0.39 is 17.8 Å². The molecule has 1 aromatic carbocycles. The van der Waals surface area contributed by atoms with Gasteiger partial charge >= 0.3 is 5.97 Å². The van der Waals surface area contributed by atoms with Gasteiger partial charge in [-0.15, -0.1) is 0 Å². The van der Waals surface area contributed by atoms with Crippen molar-refractivity contribution >= 4 is 17.6 Å². The Hall–Kier alpha value is -1.84. The van der Waals surface area contributed by atoms with E-state index in [2.05, 4.69) is 6.07 Å². The highest BCUT2D eigenvalue weighted by Crippen LogP contribution is 2.32. The first-order chi connectivity index (χ1) is 9.90. The van der Waals surface area contributed by atoms with Crippen LogP contribution in [0, 0.1) is 25.7 Å². The first-order valence-corrected chi connectivity index (χ1v) is 7.49. The van der Waals surface area contributed by atoms with Crippen LogP contribution in [-0.4, -0.2) is 24.0 Å². The van der Waals surface area contributed by atoms with Crippen LogP contribution in [0.25, 0.3) is 0 Å². The van der Waals surface area contributed by atoms with Gasteiger partial charge in [0.15, 0.2) is 0 Å². The molecule has 4 heteroatoms. The molecule has 0 saturated heterocycles. The Morgan fingerprint density at radius 3 is 2.10 bits per heavy atom. The lowest BCUT2D eigenvalue weighted by Crippen LogP contribution is -2.40. The first kappa shape index (κ1) is 15.5. The van der Waals surface area contributed by atoms with E-state index in [4.69, 9.17) is 0 Å². The number of carboxylic acid groups (broad SMARTS) is 1. The Morgan fingerprint density at radius 2 is 1.57 bits per heavy atom. The molecule has 2 rings (SSSR count). The summed E-state index contributed by atoms with van der Waals surface area (Å²) in [5, 5.41) is 9.33. The Labute approximate surface area is 125 Å². The molecular weight excluding hydrogens is 266 g/mol. The number of carboxylic acids is 1. The van der Waals surface area contributed by atoms with E-state index in [-0.39, 0.29) is 5.91 Å². The second-order valence-corrected chi connectivity index (χ2v) is 6.08. The Bertz CT molecular complexity index is 533. The summed E-state index contributed by atoms with van der Waals surface area (Å²) < 4.78 is 0. The number of aryl methyl sites for hydroxylation is 2. The summed E-state index contributed by atoms with van der Waals surface area (Å²) >= 11 is 0. The molecule has 0 unspecified atom stereocenters. The van der Waals surface area contributed by atoms with Gasteiger partial charge in [-0.1, -0.05) is 18.9 Å². The highest BCUT2D eigenvalue weighted by atomic mass is 16.4. The SMILES string of the molecule is Cc1cc(C)cc(N(C)C(=O)[C@@H]2CCCC[C@@H]2C(=O)O)c1. The molecule has 0 heterocycles. The Kier molecular flexibility index (Phi) is 4.66. The van der Waals surface area contributed by atoms with E-state index in [1.807, 2.05) is 26.0 Å². The van der Waals surface area contributed by atoms with Gasteiger partial charge in [-0.05, 0) is 49.9 Å². The van der Waals surface area contributed by atoms with Crippen LogP contribution >= 0.6 is 0 Å². The molecule has 21 heavy (non-hydrogen) atoms. The zero-order valence-electron chi connectivity index (χ0n) is 12.9. The van der Waals surface area contributed by atoms with Gasteiger partial charge in [0, 0.05) is 12.7 Å². The average molecular weight is 289 g/mol. The number of rotatable bonds is 3. The van der Waals surface area contributed by atoms with Gasteiger partial charge in [-0.25, -0.2) is 0 Å². The minimum Gasteiger partial charge on any atom is -0.481 e. The number of nitrogens with zero attached hydrogens (tertiary/aromatic N) is 1. The van der Waals surface area contributed by atoms with Crippen molar-refractivity contribution in [2.24, 2.45) is 11.8 Å². The van der Waals surface area contributed by atoms with E-state index in [1.165, 1.54) is 0 Å². The lowest BCUT2D eigenvalue weighted by atomic mass is 9.78. The van der Waals surface area contributed by atoms with Crippen LogP contribution < -0.4 is 4.90 Å². The maximum absolute atomic E-state index is 12.7. The lowest BCUT2D eigenvalue weighted by Gasteiger charge is -2.31. The molecule has 1 aliphatic carbocycles. The van der Waals surface area contributed by atoms with Crippen molar-refractivity contribution in [3.8, 4) is 0 Å². The van der Waals surface area contributed by atoms with Gasteiger partial charge in [-0.2, -0.15) is 0 Å². The van der Waals surface area contributed by atoms with Gasteiger partial charge in [-0.3, -0.25) is 9.59 Å². The lowest BCUT2D eigenvalue weighted by molar-refractivity contribution is -0.148. The van der Waals surface area contributed by atoms with Crippen LogP contribution in [0.3, 0.4) is 0 Å². The van der Waals surface area contributed by atoms with Gasteiger partial charge in [0.25, 0.3) is 0 Å². The summed E-state index contributed by atoms with van der Waals surface area (Å²) in [5.41, 5.74) is 3.04. The van der Waals surface area contributed by atoms with E-state index in [1.54, 1.807) is 11.9 Å². The van der Waals surface area contributed by atoms with Crippen LogP contribution in [-0.2, 0) is 9.59 Å². The zero-order chi connectivity index (χ0) is 15.6. The largest absolute Gasteiger partial charge is 0.481 e. The maximum Gasteiger partial charge on any atom is 0.307 e. The molecule has 0 radical (unpaired) electrons. The van der Waals surface area contributed by atoms with Crippen LogP contribution in [0.1, 0.15) is 36.8 Å². The molecule has 1 saturated carbocycles. The third kappa shape index (κ3) is 3.43. The van der Waals surface area contributed by atoms with Crippen LogP contribution in [0.4, 0.5) is 5.69 Å². The van der Waals surface area contributed by atoms with Gasteiger partial charge in [0.2, 0.25) is 5.91 Å². The summed E-state index contributed by atoms with van der Waals surface area (Å²) in [6.45, 7) is 3.99. The Morgan fingerprint density at radius 1 is 1.05 bits per heavy atom. The highest BCUT2D eigenvalue weighted by molar-refractivity contribution is 5.97. The van der Waals surface area contributed by atoms with E-state index >= 15 is 0 Å². The number of hydrogen-bond acceptors (Lipinski definition) is 2. The number of hydrogen-bond donors (Lipinski definition) is 1. The molecule has 1 aromatic rings. The zero-order valence-corrected chi connectivity index (χ0v) is 12.9. The number of carbonyl (C=O) groups excluding carboxylic acids is 1. The topological polar surface area (TPSA) is 57.6 Å². The molecule has 2 atom stereocenters. The van der Waals surface area contributed by atoms with Crippen molar-refractivity contribution < 1.29 is 14.7 Å². The summed E-state index contributed by atoms with van der Waals surface area (Å²) in [4.78, 5) is 25.7. The van der Waals surface area contributed by atoms with Crippen molar-refractivity contribution in [3.05, 3.63) is 29.3 Å². The standard InChI is InChI=1S/C17H23NO3/c1-11-8-12(2)10-13(9-11)18(3)16(19)14-6-4-5-7-15(14)17(20)21/h8-10,14-15H,4-7H2,1-3H3,(H,20,21)/t14-,15+/m1/s1. The molecule has 1 N–H and O–H groups in total. The molecule has 1 aliphatic rings. The number of benzene rings is 1. The van der Waals surface area contributed by atoms with Gasteiger partial charge in [0.05, 0.1) is 11.8 Å². The predicted octanol–water partition coefficient (Wildman–Crippen LogP) is 3.16. The molecule has 4 nitrogen and oxygen atoms in total. The second-order valence-electron chi connectivity index (χ2n) is 6.08. The monoisotopic (exact) mass is 289 g/mol. The summed E-state index contributed by atoms with van der Waals surface area (Å²) in [7, 11) is 1.74. The molecule has 0 bridgehead atoms. The third-order valence-electron chi connectivity index (χ3n) is 4.32. The van der Waals surface area contributed by atoms with Crippen LogP contribution in [0.15, 0.2) is 18.2 Å².